The number of carbonyl (C=O) groups excluding carboxylic acids is 2. The van der Waals surface area contributed by atoms with Gasteiger partial charge in [-0.25, -0.2) is 4.79 Å². The van der Waals surface area contributed by atoms with Gasteiger partial charge < -0.3 is 26.2 Å². The number of carbonyl (C=O) groups is 2. The second-order valence-corrected chi connectivity index (χ2v) is 5.99. The van der Waals surface area contributed by atoms with Crippen molar-refractivity contribution in [3.63, 3.8) is 0 Å². The number of hydrogen-bond acceptors (Lipinski definition) is 7. The van der Waals surface area contributed by atoms with E-state index in [1.54, 1.807) is 0 Å². The Bertz CT molecular complexity index is 550. The molecule has 1 aromatic heterocycles. The minimum Gasteiger partial charge on any atom is -0.465 e. The summed E-state index contributed by atoms with van der Waals surface area (Å²) in [6, 6.07) is 0. The highest BCUT2D eigenvalue weighted by atomic mass is 32.1. The molecule has 5 N–H and O–H groups in total. The molecule has 2 rings (SSSR count). The molecule has 1 fully saturated rings. The quantitative estimate of drug-likeness (QED) is 0.693. The van der Waals surface area contributed by atoms with Gasteiger partial charge >= 0.3 is 5.97 Å². The van der Waals surface area contributed by atoms with Gasteiger partial charge in [0.15, 0.2) is 0 Å². The Morgan fingerprint density at radius 2 is 2.05 bits per heavy atom. The van der Waals surface area contributed by atoms with Gasteiger partial charge in [0, 0.05) is 19.7 Å². The number of methoxy groups -OCH3 is 1. The van der Waals surface area contributed by atoms with Gasteiger partial charge in [-0.05, 0) is 18.8 Å². The third kappa shape index (κ3) is 2.96. The number of amides is 1. The van der Waals surface area contributed by atoms with E-state index in [-0.39, 0.29) is 28.7 Å². The average Bonchev–Trinajstić information content (AvgIpc) is 2.84. The predicted octanol–water partition coefficient (Wildman–Crippen LogP) is 0.425. The van der Waals surface area contributed by atoms with Crippen LogP contribution in [-0.2, 0) is 4.74 Å². The van der Waals surface area contributed by atoms with Crippen molar-refractivity contribution >= 4 is 33.9 Å². The highest BCUT2D eigenvalue weighted by molar-refractivity contribution is 7.19. The lowest BCUT2D eigenvalue weighted by Gasteiger charge is -2.32. The van der Waals surface area contributed by atoms with E-state index in [4.69, 9.17) is 16.2 Å². The van der Waals surface area contributed by atoms with Crippen LogP contribution in [0.1, 0.15) is 32.9 Å². The standard InChI is InChI=1S/C13H19N3O4S/c1-20-13(19)8-9(14)10(11(15)18)21-12(8)16-4-2-7(6-17)3-5-16/h7,17H,2-6,14H2,1H3,(H2,15,18). The molecule has 1 aromatic rings. The third-order valence-electron chi connectivity index (χ3n) is 3.70. The Morgan fingerprint density at radius 1 is 1.43 bits per heavy atom. The number of esters is 1. The van der Waals surface area contributed by atoms with E-state index >= 15 is 0 Å². The fraction of sp³-hybridized carbons (Fsp3) is 0.538. The number of nitrogens with zero attached hydrogens (tertiary/aromatic N) is 1. The zero-order valence-electron chi connectivity index (χ0n) is 11.8. The van der Waals surface area contributed by atoms with Crippen LogP contribution in [0.5, 0.6) is 0 Å². The lowest BCUT2D eigenvalue weighted by Crippen LogP contribution is -2.35. The van der Waals surface area contributed by atoms with Crippen LogP contribution in [0.25, 0.3) is 0 Å². The van der Waals surface area contributed by atoms with E-state index in [1.165, 1.54) is 7.11 Å². The van der Waals surface area contributed by atoms with Crippen LogP contribution >= 0.6 is 11.3 Å². The first-order chi connectivity index (χ1) is 9.99. The van der Waals surface area contributed by atoms with Crippen LogP contribution in [-0.4, -0.2) is 43.8 Å². The number of aliphatic hydroxyl groups is 1. The normalized spacial score (nSPS) is 16.0. The van der Waals surface area contributed by atoms with Crippen molar-refractivity contribution in [3.8, 4) is 0 Å². The van der Waals surface area contributed by atoms with E-state index in [9.17, 15) is 14.7 Å². The summed E-state index contributed by atoms with van der Waals surface area (Å²) in [7, 11) is 1.27. The molecule has 0 aromatic carbocycles. The number of anilines is 2. The molecular formula is C13H19N3O4S. The summed E-state index contributed by atoms with van der Waals surface area (Å²) in [5.41, 5.74) is 11.5. The van der Waals surface area contributed by atoms with Gasteiger partial charge in [-0.2, -0.15) is 0 Å². The zero-order chi connectivity index (χ0) is 15.6. The van der Waals surface area contributed by atoms with Crippen molar-refractivity contribution in [1.82, 2.24) is 0 Å². The second-order valence-electron chi connectivity index (χ2n) is 4.99. The number of thiophene rings is 1. The average molecular weight is 313 g/mol. The van der Waals surface area contributed by atoms with E-state index in [2.05, 4.69) is 0 Å². The molecular weight excluding hydrogens is 294 g/mol. The van der Waals surface area contributed by atoms with Crippen LogP contribution in [0.2, 0.25) is 0 Å². The maximum atomic E-state index is 11.9. The first kappa shape index (κ1) is 15.6. The molecule has 0 unspecified atom stereocenters. The predicted molar refractivity (Wildman–Crippen MR) is 80.6 cm³/mol. The van der Waals surface area contributed by atoms with Crippen molar-refractivity contribution < 1.29 is 19.4 Å². The van der Waals surface area contributed by atoms with Crippen molar-refractivity contribution in [2.45, 2.75) is 12.8 Å². The van der Waals surface area contributed by atoms with Gasteiger partial charge in [-0.15, -0.1) is 11.3 Å². The van der Waals surface area contributed by atoms with Gasteiger partial charge in [0.1, 0.15) is 15.4 Å². The third-order valence-corrected chi connectivity index (χ3v) is 4.98. The number of aliphatic hydroxyl groups excluding tert-OH is 1. The summed E-state index contributed by atoms with van der Waals surface area (Å²) in [4.78, 5) is 25.5. The molecule has 0 atom stereocenters. The molecule has 0 saturated carbocycles. The minimum absolute atomic E-state index is 0.0821. The first-order valence-electron chi connectivity index (χ1n) is 6.65. The molecule has 1 aliphatic rings. The van der Waals surface area contributed by atoms with Crippen molar-refractivity contribution in [1.29, 1.82) is 0 Å². The monoisotopic (exact) mass is 313 g/mol. The van der Waals surface area contributed by atoms with Crippen LogP contribution in [0.15, 0.2) is 0 Å². The van der Waals surface area contributed by atoms with Crippen LogP contribution in [0.3, 0.4) is 0 Å². The van der Waals surface area contributed by atoms with E-state index in [0.29, 0.717) is 18.1 Å². The van der Waals surface area contributed by atoms with Gasteiger partial charge in [0.25, 0.3) is 5.91 Å². The minimum atomic E-state index is -0.654. The topological polar surface area (TPSA) is 119 Å². The highest BCUT2D eigenvalue weighted by Crippen LogP contribution is 2.40. The Hall–Kier alpha value is -1.80. The van der Waals surface area contributed by atoms with E-state index in [1.807, 2.05) is 4.90 Å². The van der Waals surface area contributed by atoms with Gasteiger partial charge in [0.05, 0.1) is 12.8 Å². The van der Waals surface area contributed by atoms with Crippen molar-refractivity contribution in [2.24, 2.45) is 11.7 Å². The molecule has 1 aliphatic heterocycles. The lowest BCUT2D eigenvalue weighted by atomic mass is 9.98. The molecule has 1 saturated heterocycles. The zero-order valence-corrected chi connectivity index (χ0v) is 12.6. The van der Waals surface area contributed by atoms with Gasteiger partial charge in [0.2, 0.25) is 0 Å². The molecule has 1 amide bonds. The number of nitrogen functional groups attached to an aromatic ring is 1. The van der Waals surface area contributed by atoms with Crippen LogP contribution < -0.4 is 16.4 Å². The molecule has 21 heavy (non-hydrogen) atoms. The Labute approximate surface area is 126 Å². The van der Waals surface area contributed by atoms with Crippen LogP contribution in [0.4, 0.5) is 10.7 Å². The molecule has 0 spiro atoms. The Kier molecular flexibility index (Phi) is 4.69. The summed E-state index contributed by atoms with van der Waals surface area (Å²) in [6.07, 6.45) is 1.64. The number of nitrogens with two attached hydrogens (primary N) is 2. The van der Waals surface area contributed by atoms with E-state index in [0.717, 1.165) is 24.2 Å². The first-order valence-corrected chi connectivity index (χ1v) is 7.47. The van der Waals surface area contributed by atoms with Crippen LogP contribution in [0, 0.1) is 5.92 Å². The smallest absolute Gasteiger partial charge is 0.343 e. The van der Waals surface area contributed by atoms with Crippen molar-refractivity contribution in [3.05, 3.63) is 10.4 Å². The van der Waals surface area contributed by atoms with E-state index < -0.39 is 11.9 Å². The van der Waals surface area contributed by atoms with Gasteiger partial charge in [-0.3, -0.25) is 4.79 Å². The number of ether oxygens (including phenoxy) is 1. The summed E-state index contributed by atoms with van der Waals surface area (Å²) in [5.74, 6) is -0.953. The molecule has 0 bridgehead atoms. The number of hydrogen-bond donors (Lipinski definition) is 3. The summed E-state index contributed by atoms with van der Waals surface area (Å²) in [6.45, 7) is 1.54. The fourth-order valence-electron chi connectivity index (χ4n) is 2.46. The SMILES string of the molecule is COC(=O)c1c(N2CCC(CO)CC2)sc(C(N)=O)c1N. The number of piperidine rings is 1. The molecule has 7 nitrogen and oxygen atoms in total. The molecule has 2 heterocycles. The number of rotatable bonds is 4. The maximum absolute atomic E-state index is 11.9. The lowest BCUT2D eigenvalue weighted by molar-refractivity contribution is 0.0603. The summed E-state index contributed by atoms with van der Waals surface area (Å²) < 4.78 is 4.75. The summed E-state index contributed by atoms with van der Waals surface area (Å²) >= 11 is 1.12. The molecule has 0 aliphatic carbocycles. The Balaban J connectivity index is 2.36. The van der Waals surface area contributed by atoms with Gasteiger partial charge in [-0.1, -0.05) is 0 Å². The molecule has 0 radical (unpaired) electrons. The second kappa shape index (κ2) is 6.31. The fourth-order valence-corrected chi connectivity index (χ4v) is 3.57. The largest absolute Gasteiger partial charge is 0.465 e. The highest BCUT2D eigenvalue weighted by Gasteiger charge is 2.30. The van der Waals surface area contributed by atoms with Crippen molar-refractivity contribution in [2.75, 3.05) is 37.4 Å². The Morgan fingerprint density at radius 3 is 2.52 bits per heavy atom. The molecule has 8 heteroatoms. The molecule has 116 valence electrons. The maximum Gasteiger partial charge on any atom is 0.343 e. The number of primary amides is 1. The summed E-state index contributed by atoms with van der Waals surface area (Å²) in [5, 5.41) is 9.79.